The number of benzene rings is 2. The highest BCUT2D eigenvalue weighted by atomic mass is 19.4. The Kier molecular flexibility index (Phi) is 5.31. The molecule has 9 heteroatoms. The summed E-state index contributed by atoms with van der Waals surface area (Å²) in [5, 5.41) is 11.4. The van der Waals surface area contributed by atoms with Gasteiger partial charge < -0.3 is 10.4 Å². The monoisotopic (exact) mass is 404 g/mol. The molecule has 1 heterocycles. The number of aromatic carboxylic acids is 1. The molecule has 3 aromatic rings. The van der Waals surface area contributed by atoms with Gasteiger partial charge in [0.1, 0.15) is 5.82 Å². The van der Waals surface area contributed by atoms with E-state index in [1.165, 1.54) is 42.5 Å². The third kappa shape index (κ3) is 4.75. The zero-order valence-electron chi connectivity index (χ0n) is 14.5. The molecule has 0 unspecified atom stereocenters. The SMILES string of the molecule is O=C(O)c1cc(/C=C\c2cccc(NC(=O)C(F)(F)F)c2)nc2cc(F)ccc12. The Labute approximate surface area is 161 Å². The number of halogens is 4. The fourth-order valence-electron chi connectivity index (χ4n) is 2.59. The number of nitrogens with zero attached hydrogens (tertiary/aromatic N) is 1. The van der Waals surface area contributed by atoms with E-state index in [1.54, 1.807) is 11.4 Å². The van der Waals surface area contributed by atoms with Gasteiger partial charge in [-0.1, -0.05) is 18.2 Å². The molecule has 1 aromatic heterocycles. The number of carboxylic acid groups (broad SMARTS) is 1. The molecule has 0 aliphatic heterocycles. The average molecular weight is 404 g/mol. The van der Waals surface area contributed by atoms with Crippen molar-refractivity contribution >= 4 is 40.6 Å². The number of hydrogen-bond donors (Lipinski definition) is 2. The Morgan fingerprint density at radius 2 is 1.79 bits per heavy atom. The van der Waals surface area contributed by atoms with Crippen LogP contribution in [0.4, 0.5) is 23.2 Å². The van der Waals surface area contributed by atoms with Crippen LogP contribution in [0.25, 0.3) is 23.1 Å². The minimum atomic E-state index is -5.01. The summed E-state index contributed by atoms with van der Waals surface area (Å²) in [5.41, 5.74) is 0.666. The molecule has 2 aromatic carbocycles. The molecule has 148 valence electrons. The number of aromatic nitrogens is 1. The second kappa shape index (κ2) is 7.70. The Morgan fingerprint density at radius 3 is 2.48 bits per heavy atom. The molecule has 0 saturated carbocycles. The number of alkyl halides is 3. The smallest absolute Gasteiger partial charge is 0.471 e. The van der Waals surface area contributed by atoms with Crippen LogP contribution in [0.15, 0.2) is 48.5 Å². The summed E-state index contributed by atoms with van der Waals surface area (Å²) in [5.74, 6) is -3.88. The number of fused-ring (bicyclic) bond motifs is 1. The van der Waals surface area contributed by atoms with Crippen LogP contribution in [0.2, 0.25) is 0 Å². The van der Waals surface area contributed by atoms with Crippen LogP contribution in [-0.2, 0) is 4.79 Å². The lowest BCUT2D eigenvalue weighted by atomic mass is 10.1. The minimum absolute atomic E-state index is 0.0609. The van der Waals surface area contributed by atoms with Gasteiger partial charge in [-0.2, -0.15) is 13.2 Å². The summed E-state index contributed by atoms with van der Waals surface area (Å²) in [6.07, 6.45) is -2.10. The van der Waals surface area contributed by atoms with Gasteiger partial charge >= 0.3 is 18.1 Å². The van der Waals surface area contributed by atoms with Crippen molar-refractivity contribution in [2.24, 2.45) is 0 Å². The zero-order chi connectivity index (χ0) is 21.2. The third-order valence-corrected chi connectivity index (χ3v) is 3.87. The van der Waals surface area contributed by atoms with Gasteiger partial charge in [-0.3, -0.25) is 4.79 Å². The van der Waals surface area contributed by atoms with Crippen LogP contribution in [0.3, 0.4) is 0 Å². The molecule has 3 rings (SSSR count). The molecule has 0 saturated heterocycles. The molecular weight excluding hydrogens is 392 g/mol. The molecule has 0 aliphatic rings. The van der Waals surface area contributed by atoms with Gasteiger partial charge in [0, 0.05) is 17.1 Å². The summed E-state index contributed by atoms with van der Waals surface area (Å²) < 4.78 is 50.5. The van der Waals surface area contributed by atoms with Gasteiger partial charge in [-0.05, 0) is 42.0 Å². The van der Waals surface area contributed by atoms with E-state index in [0.717, 1.165) is 12.1 Å². The molecule has 29 heavy (non-hydrogen) atoms. The van der Waals surface area contributed by atoms with Crippen molar-refractivity contribution in [2.45, 2.75) is 6.18 Å². The second-order valence-corrected chi connectivity index (χ2v) is 5.97. The van der Waals surface area contributed by atoms with Crippen molar-refractivity contribution in [2.75, 3.05) is 5.32 Å². The van der Waals surface area contributed by atoms with E-state index < -0.39 is 23.9 Å². The zero-order valence-corrected chi connectivity index (χ0v) is 14.5. The molecule has 0 atom stereocenters. The number of pyridine rings is 1. The first-order valence-corrected chi connectivity index (χ1v) is 8.13. The molecule has 0 aliphatic carbocycles. The van der Waals surface area contributed by atoms with Crippen molar-refractivity contribution in [3.05, 3.63) is 71.2 Å². The van der Waals surface area contributed by atoms with E-state index in [4.69, 9.17) is 0 Å². The van der Waals surface area contributed by atoms with Crippen LogP contribution in [0.5, 0.6) is 0 Å². The highest BCUT2D eigenvalue weighted by molar-refractivity contribution is 6.03. The predicted molar refractivity (Wildman–Crippen MR) is 98.7 cm³/mol. The number of carboxylic acids is 1. The van der Waals surface area contributed by atoms with Crippen molar-refractivity contribution in [1.82, 2.24) is 4.98 Å². The predicted octanol–water partition coefficient (Wildman–Crippen LogP) is 4.74. The summed E-state index contributed by atoms with van der Waals surface area (Å²) >= 11 is 0. The molecule has 0 fully saturated rings. The molecular formula is C20H12F4N2O3. The first-order chi connectivity index (χ1) is 13.6. The molecule has 0 spiro atoms. The normalized spacial score (nSPS) is 11.7. The van der Waals surface area contributed by atoms with Gasteiger partial charge in [0.15, 0.2) is 0 Å². The average Bonchev–Trinajstić information content (AvgIpc) is 2.64. The first kappa shape index (κ1) is 20.0. The maximum atomic E-state index is 13.5. The number of amides is 1. The van der Waals surface area contributed by atoms with Crippen molar-refractivity contribution in [1.29, 1.82) is 0 Å². The van der Waals surface area contributed by atoms with Gasteiger partial charge in [0.2, 0.25) is 0 Å². The van der Waals surface area contributed by atoms with Crippen molar-refractivity contribution < 1.29 is 32.3 Å². The third-order valence-electron chi connectivity index (χ3n) is 3.87. The van der Waals surface area contributed by atoms with Crippen molar-refractivity contribution in [3.63, 3.8) is 0 Å². The van der Waals surface area contributed by atoms with Gasteiger partial charge in [-0.25, -0.2) is 14.2 Å². The Balaban J connectivity index is 1.92. The highest BCUT2D eigenvalue weighted by Gasteiger charge is 2.38. The molecule has 5 nitrogen and oxygen atoms in total. The van der Waals surface area contributed by atoms with E-state index in [0.29, 0.717) is 5.56 Å². The molecule has 0 radical (unpaired) electrons. The lowest BCUT2D eigenvalue weighted by molar-refractivity contribution is -0.167. The fraction of sp³-hybridized carbons (Fsp3) is 0.0500. The van der Waals surface area contributed by atoms with Crippen LogP contribution >= 0.6 is 0 Å². The van der Waals surface area contributed by atoms with Crippen molar-refractivity contribution in [3.8, 4) is 0 Å². The van der Waals surface area contributed by atoms with Gasteiger partial charge in [0.25, 0.3) is 0 Å². The van der Waals surface area contributed by atoms with Crippen LogP contribution in [0.1, 0.15) is 21.6 Å². The second-order valence-electron chi connectivity index (χ2n) is 5.97. The molecule has 1 amide bonds. The van der Waals surface area contributed by atoms with Gasteiger partial charge in [-0.15, -0.1) is 0 Å². The van der Waals surface area contributed by atoms with Gasteiger partial charge in [0.05, 0.1) is 16.8 Å². The number of hydrogen-bond acceptors (Lipinski definition) is 3. The summed E-state index contributed by atoms with van der Waals surface area (Å²) in [6.45, 7) is 0. The molecule has 0 bridgehead atoms. The number of nitrogens with one attached hydrogen (secondary N) is 1. The topological polar surface area (TPSA) is 79.3 Å². The Morgan fingerprint density at radius 1 is 1.03 bits per heavy atom. The standard InChI is InChI=1S/C20H12F4N2O3/c21-12-5-7-15-16(18(27)28)10-14(25-17(15)9-12)6-4-11-2-1-3-13(8-11)26-19(29)20(22,23)24/h1-10H,(H,26,29)(H,27,28)/b6-4-. The van der Waals surface area contributed by atoms with E-state index in [9.17, 15) is 32.3 Å². The minimum Gasteiger partial charge on any atom is -0.478 e. The number of carbonyl (C=O) groups excluding carboxylic acids is 1. The van der Waals surface area contributed by atoms with E-state index in [2.05, 4.69) is 4.98 Å². The summed E-state index contributed by atoms with van der Waals surface area (Å²) in [6, 6.07) is 10.5. The quantitative estimate of drug-likeness (QED) is 0.616. The largest absolute Gasteiger partial charge is 0.478 e. The lowest BCUT2D eigenvalue weighted by Crippen LogP contribution is -2.29. The Hall–Kier alpha value is -3.75. The lowest BCUT2D eigenvalue weighted by Gasteiger charge is -2.08. The maximum absolute atomic E-state index is 13.5. The number of carbonyl (C=O) groups is 2. The summed E-state index contributed by atoms with van der Waals surface area (Å²) in [4.78, 5) is 26.7. The van der Waals surface area contributed by atoms with E-state index in [1.807, 2.05) is 0 Å². The van der Waals surface area contributed by atoms with Crippen LogP contribution in [-0.4, -0.2) is 28.1 Å². The van der Waals surface area contributed by atoms with E-state index in [-0.39, 0.29) is 27.8 Å². The highest BCUT2D eigenvalue weighted by Crippen LogP contribution is 2.22. The van der Waals surface area contributed by atoms with E-state index >= 15 is 0 Å². The maximum Gasteiger partial charge on any atom is 0.471 e. The number of anilines is 1. The first-order valence-electron chi connectivity index (χ1n) is 8.13. The fourth-order valence-corrected chi connectivity index (χ4v) is 2.59. The number of rotatable bonds is 4. The van der Waals surface area contributed by atoms with Crippen LogP contribution < -0.4 is 5.32 Å². The Bertz CT molecular complexity index is 1140. The summed E-state index contributed by atoms with van der Waals surface area (Å²) in [7, 11) is 0. The molecule has 2 N–H and O–H groups in total. The van der Waals surface area contributed by atoms with Crippen LogP contribution in [0, 0.1) is 5.82 Å².